The first-order chi connectivity index (χ1) is 11.2. The van der Waals surface area contributed by atoms with Crippen molar-refractivity contribution in [2.24, 2.45) is 0 Å². The van der Waals surface area contributed by atoms with E-state index in [1.165, 1.54) is 0 Å². The lowest BCUT2D eigenvalue weighted by molar-refractivity contribution is 0.0932. The van der Waals surface area contributed by atoms with Crippen molar-refractivity contribution < 1.29 is 18.9 Å². The molecule has 0 saturated carbocycles. The van der Waals surface area contributed by atoms with Gasteiger partial charge in [-0.15, -0.1) is 0 Å². The third kappa shape index (κ3) is 2.22. The van der Waals surface area contributed by atoms with E-state index in [1.807, 2.05) is 42.5 Å². The van der Waals surface area contributed by atoms with E-state index in [9.17, 15) is 0 Å². The SMILES string of the molecule is C=CC1(c2ccc3c(c2)OCO3)CCc2cc(OC)ccc2O1. The van der Waals surface area contributed by atoms with Gasteiger partial charge in [0.15, 0.2) is 17.1 Å². The average Bonchev–Trinajstić information content (AvgIpc) is 3.08. The summed E-state index contributed by atoms with van der Waals surface area (Å²) in [5.74, 6) is 3.25. The minimum atomic E-state index is -0.553. The molecule has 2 aromatic carbocycles. The normalized spacial score (nSPS) is 21.3. The van der Waals surface area contributed by atoms with E-state index in [2.05, 4.69) is 6.58 Å². The molecule has 0 N–H and O–H groups in total. The monoisotopic (exact) mass is 310 g/mol. The van der Waals surface area contributed by atoms with Crippen LogP contribution in [-0.2, 0) is 12.0 Å². The molecule has 0 radical (unpaired) electrons. The summed E-state index contributed by atoms with van der Waals surface area (Å²) in [6.07, 6.45) is 3.58. The number of aryl methyl sites for hydroxylation is 1. The van der Waals surface area contributed by atoms with Crippen molar-refractivity contribution in [2.45, 2.75) is 18.4 Å². The highest BCUT2D eigenvalue weighted by Gasteiger charge is 2.36. The van der Waals surface area contributed by atoms with Crippen LogP contribution in [0.3, 0.4) is 0 Å². The number of hydrogen-bond acceptors (Lipinski definition) is 4. The van der Waals surface area contributed by atoms with Crippen LogP contribution in [0.1, 0.15) is 17.5 Å². The Morgan fingerprint density at radius 3 is 2.74 bits per heavy atom. The van der Waals surface area contributed by atoms with Crippen LogP contribution in [0, 0.1) is 0 Å². The minimum Gasteiger partial charge on any atom is -0.497 e. The second kappa shape index (κ2) is 5.23. The molecular weight excluding hydrogens is 292 g/mol. The Hall–Kier alpha value is -2.62. The molecule has 4 heteroatoms. The lowest BCUT2D eigenvalue weighted by atomic mass is 9.84. The van der Waals surface area contributed by atoms with Gasteiger partial charge < -0.3 is 18.9 Å². The molecule has 0 spiro atoms. The number of ether oxygens (including phenoxy) is 4. The molecule has 0 fully saturated rings. The van der Waals surface area contributed by atoms with E-state index >= 15 is 0 Å². The largest absolute Gasteiger partial charge is 0.497 e. The fourth-order valence-electron chi connectivity index (χ4n) is 3.17. The summed E-state index contributed by atoms with van der Waals surface area (Å²) < 4.78 is 22.5. The Morgan fingerprint density at radius 1 is 1.09 bits per heavy atom. The summed E-state index contributed by atoms with van der Waals surface area (Å²) in [6, 6.07) is 11.8. The number of hydrogen-bond donors (Lipinski definition) is 0. The van der Waals surface area contributed by atoms with Crippen LogP contribution < -0.4 is 18.9 Å². The first kappa shape index (κ1) is 14.0. The molecule has 2 aliphatic rings. The molecule has 118 valence electrons. The van der Waals surface area contributed by atoms with Gasteiger partial charge in [-0.2, -0.15) is 0 Å². The fourth-order valence-corrected chi connectivity index (χ4v) is 3.17. The van der Waals surface area contributed by atoms with Crippen LogP contribution in [0.25, 0.3) is 0 Å². The van der Waals surface area contributed by atoms with E-state index < -0.39 is 5.60 Å². The van der Waals surface area contributed by atoms with Crippen LogP contribution in [-0.4, -0.2) is 13.9 Å². The quantitative estimate of drug-likeness (QED) is 0.807. The predicted octanol–water partition coefficient (Wildman–Crippen LogP) is 3.83. The van der Waals surface area contributed by atoms with Crippen LogP contribution in [0.5, 0.6) is 23.0 Å². The van der Waals surface area contributed by atoms with Gasteiger partial charge in [0, 0.05) is 5.56 Å². The zero-order chi connectivity index (χ0) is 15.9. The molecule has 0 bridgehead atoms. The van der Waals surface area contributed by atoms with E-state index in [1.54, 1.807) is 7.11 Å². The summed E-state index contributed by atoms with van der Waals surface area (Å²) in [5, 5.41) is 0. The zero-order valence-electron chi connectivity index (χ0n) is 13.0. The van der Waals surface area contributed by atoms with Gasteiger partial charge in [-0.3, -0.25) is 0 Å². The van der Waals surface area contributed by atoms with Crippen molar-refractivity contribution in [3.63, 3.8) is 0 Å². The van der Waals surface area contributed by atoms with Crippen LogP contribution in [0.2, 0.25) is 0 Å². The van der Waals surface area contributed by atoms with Gasteiger partial charge >= 0.3 is 0 Å². The van der Waals surface area contributed by atoms with E-state index in [0.717, 1.165) is 47.0 Å². The zero-order valence-corrected chi connectivity index (χ0v) is 13.0. The topological polar surface area (TPSA) is 36.9 Å². The van der Waals surface area contributed by atoms with E-state index in [0.29, 0.717) is 0 Å². The lowest BCUT2D eigenvalue weighted by Crippen LogP contribution is -2.34. The Morgan fingerprint density at radius 2 is 1.91 bits per heavy atom. The number of fused-ring (bicyclic) bond motifs is 2. The number of rotatable bonds is 3. The highest BCUT2D eigenvalue weighted by atomic mass is 16.7. The smallest absolute Gasteiger partial charge is 0.231 e. The average molecular weight is 310 g/mol. The third-order valence-electron chi connectivity index (χ3n) is 4.52. The molecule has 23 heavy (non-hydrogen) atoms. The summed E-state index contributed by atoms with van der Waals surface area (Å²) >= 11 is 0. The van der Waals surface area contributed by atoms with Crippen molar-refractivity contribution >= 4 is 0 Å². The molecule has 2 heterocycles. The molecular formula is C19H18O4. The molecule has 2 aliphatic heterocycles. The first-order valence-electron chi connectivity index (χ1n) is 7.64. The van der Waals surface area contributed by atoms with Gasteiger partial charge in [-0.25, -0.2) is 0 Å². The molecule has 0 amide bonds. The maximum Gasteiger partial charge on any atom is 0.231 e. The number of methoxy groups -OCH3 is 1. The Kier molecular flexibility index (Phi) is 3.18. The second-order valence-electron chi connectivity index (χ2n) is 5.74. The highest BCUT2D eigenvalue weighted by molar-refractivity contribution is 5.49. The van der Waals surface area contributed by atoms with Gasteiger partial charge in [0.2, 0.25) is 6.79 Å². The first-order valence-corrected chi connectivity index (χ1v) is 7.64. The molecule has 0 aromatic heterocycles. The van der Waals surface area contributed by atoms with Crippen LogP contribution >= 0.6 is 0 Å². The van der Waals surface area contributed by atoms with Gasteiger partial charge in [-0.1, -0.05) is 12.6 Å². The highest BCUT2D eigenvalue weighted by Crippen LogP contribution is 2.44. The molecule has 4 rings (SSSR count). The molecule has 0 saturated heterocycles. The van der Waals surface area contributed by atoms with Crippen molar-refractivity contribution in [2.75, 3.05) is 13.9 Å². The predicted molar refractivity (Wildman–Crippen MR) is 86.4 cm³/mol. The van der Waals surface area contributed by atoms with Crippen LogP contribution in [0.4, 0.5) is 0 Å². The van der Waals surface area contributed by atoms with Crippen molar-refractivity contribution in [1.82, 2.24) is 0 Å². The standard InChI is InChI=1S/C19H18O4/c1-3-19(14-4-6-17-18(11-14)22-12-21-17)9-8-13-10-15(20-2)5-7-16(13)23-19/h3-7,10-11H,1,8-9,12H2,2H3. The lowest BCUT2D eigenvalue weighted by Gasteiger charge is -2.37. The van der Waals surface area contributed by atoms with Crippen molar-refractivity contribution in [3.05, 3.63) is 60.2 Å². The maximum absolute atomic E-state index is 6.34. The Balaban J connectivity index is 1.72. The van der Waals surface area contributed by atoms with Gasteiger partial charge in [0.05, 0.1) is 7.11 Å². The Bertz CT molecular complexity index is 768. The summed E-state index contributed by atoms with van der Waals surface area (Å²) in [7, 11) is 1.67. The molecule has 4 nitrogen and oxygen atoms in total. The van der Waals surface area contributed by atoms with Crippen molar-refractivity contribution in [3.8, 4) is 23.0 Å². The fraction of sp³-hybridized carbons (Fsp3) is 0.263. The summed E-state index contributed by atoms with van der Waals surface area (Å²) in [5.41, 5.74) is 1.63. The minimum absolute atomic E-state index is 0.267. The maximum atomic E-state index is 6.34. The van der Waals surface area contributed by atoms with Gasteiger partial charge in [0.25, 0.3) is 0 Å². The summed E-state index contributed by atoms with van der Waals surface area (Å²) in [4.78, 5) is 0. The molecule has 2 aromatic rings. The van der Waals surface area contributed by atoms with E-state index in [-0.39, 0.29) is 6.79 Å². The van der Waals surface area contributed by atoms with Gasteiger partial charge in [0.1, 0.15) is 11.5 Å². The molecule has 1 unspecified atom stereocenters. The van der Waals surface area contributed by atoms with Crippen molar-refractivity contribution in [1.29, 1.82) is 0 Å². The molecule has 1 atom stereocenters. The Labute approximate surface area is 135 Å². The summed E-state index contributed by atoms with van der Waals surface area (Å²) in [6.45, 7) is 4.28. The van der Waals surface area contributed by atoms with Crippen LogP contribution in [0.15, 0.2) is 49.1 Å². The van der Waals surface area contributed by atoms with Gasteiger partial charge in [-0.05, 0) is 54.8 Å². The second-order valence-corrected chi connectivity index (χ2v) is 5.74. The molecule has 0 aliphatic carbocycles. The van der Waals surface area contributed by atoms with E-state index in [4.69, 9.17) is 18.9 Å². The third-order valence-corrected chi connectivity index (χ3v) is 4.52. The number of benzene rings is 2.